The summed E-state index contributed by atoms with van der Waals surface area (Å²) in [5.41, 5.74) is -0.0587. The van der Waals surface area contributed by atoms with Gasteiger partial charge in [-0.3, -0.25) is 0 Å². The molecule has 0 unspecified atom stereocenters. The second-order valence-electron chi connectivity index (χ2n) is 4.29. The van der Waals surface area contributed by atoms with Crippen molar-refractivity contribution in [1.29, 1.82) is 0 Å². The predicted octanol–water partition coefficient (Wildman–Crippen LogP) is 4.70. The minimum absolute atomic E-state index is 0.148. The van der Waals surface area contributed by atoms with Crippen LogP contribution in [0.5, 0.6) is 0 Å². The molecule has 2 nitrogen and oxygen atoms in total. The minimum Gasteiger partial charge on any atom is -0.478 e. The van der Waals surface area contributed by atoms with Gasteiger partial charge in [0.15, 0.2) is 0 Å². The summed E-state index contributed by atoms with van der Waals surface area (Å²) in [6, 6.07) is 11.4. The van der Waals surface area contributed by atoms with E-state index in [9.17, 15) is 18.0 Å². The van der Waals surface area contributed by atoms with E-state index in [1.54, 1.807) is 24.3 Å². The van der Waals surface area contributed by atoms with Crippen molar-refractivity contribution in [3.8, 4) is 0 Å². The Bertz CT molecular complexity index is 653. The largest absolute Gasteiger partial charge is 0.478 e. The highest BCUT2D eigenvalue weighted by atomic mass is 32.2. The summed E-state index contributed by atoms with van der Waals surface area (Å²) in [6.07, 6.45) is -4.38. The summed E-state index contributed by atoms with van der Waals surface area (Å²) < 4.78 is 37.8. The van der Waals surface area contributed by atoms with Crippen LogP contribution < -0.4 is 0 Å². The molecule has 0 aliphatic rings. The summed E-state index contributed by atoms with van der Waals surface area (Å²) in [6.45, 7) is 0. The molecule has 0 heterocycles. The molecule has 21 heavy (non-hydrogen) atoms. The topological polar surface area (TPSA) is 37.3 Å². The summed E-state index contributed by atoms with van der Waals surface area (Å²) in [7, 11) is 0. The molecule has 2 aromatic rings. The Balaban J connectivity index is 2.16. The van der Waals surface area contributed by atoms with Crippen LogP contribution in [0.1, 0.15) is 21.5 Å². The molecule has 0 saturated heterocycles. The van der Waals surface area contributed by atoms with Gasteiger partial charge in [0.05, 0.1) is 11.1 Å². The van der Waals surface area contributed by atoms with E-state index in [4.69, 9.17) is 5.11 Å². The Morgan fingerprint density at radius 3 is 2.48 bits per heavy atom. The lowest BCUT2D eigenvalue weighted by Crippen LogP contribution is -2.05. The van der Waals surface area contributed by atoms with Crippen molar-refractivity contribution in [2.24, 2.45) is 0 Å². The first-order chi connectivity index (χ1) is 9.88. The van der Waals surface area contributed by atoms with Crippen molar-refractivity contribution in [3.05, 3.63) is 65.2 Å². The fourth-order valence-corrected chi connectivity index (χ4v) is 2.76. The molecule has 2 aromatic carbocycles. The maximum atomic E-state index is 12.6. The van der Waals surface area contributed by atoms with Gasteiger partial charge in [-0.1, -0.05) is 30.3 Å². The summed E-state index contributed by atoms with van der Waals surface area (Å²) >= 11 is 1.20. The average molecular weight is 312 g/mol. The number of hydrogen-bond acceptors (Lipinski definition) is 2. The summed E-state index contributed by atoms with van der Waals surface area (Å²) in [5.74, 6) is -0.782. The van der Waals surface area contributed by atoms with Crippen LogP contribution in [-0.2, 0) is 11.9 Å². The third-order valence-corrected chi connectivity index (χ3v) is 3.91. The Morgan fingerprint density at radius 1 is 1.10 bits per heavy atom. The van der Waals surface area contributed by atoms with Gasteiger partial charge in [-0.25, -0.2) is 4.79 Å². The highest BCUT2D eigenvalue weighted by molar-refractivity contribution is 7.98. The van der Waals surface area contributed by atoms with Crippen LogP contribution >= 0.6 is 11.8 Å². The van der Waals surface area contributed by atoms with Crippen LogP contribution in [0.25, 0.3) is 0 Å². The van der Waals surface area contributed by atoms with Gasteiger partial charge in [0.25, 0.3) is 0 Å². The zero-order valence-corrected chi connectivity index (χ0v) is 11.5. The van der Waals surface area contributed by atoms with E-state index in [1.807, 2.05) is 0 Å². The number of halogens is 3. The molecular weight excluding hydrogens is 301 g/mol. The molecule has 1 N–H and O–H groups in total. The highest BCUT2D eigenvalue weighted by Gasteiger charge is 2.30. The van der Waals surface area contributed by atoms with Crippen LogP contribution in [0.3, 0.4) is 0 Å². The van der Waals surface area contributed by atoms with Gasteiger partial charge in [0.1, 0.15) is 0 Å². The highest BCUT2D eigenvalue weighted by Crippen LogP contribution is 2.31. The van der Waals surface area contributed by atoms with Crippen LogP contribution in [-0.4, -0.2) is 11.1 Å². The Kier molecular flexibility index (Phi) is 4.57. The van der Waals surface area contributed by atoms with E-state index < -0.39 is 17.7 Å². The normalized spacial score (nSPS) is 11.4. The first kappa shape index (κ1) is 15.4. The number of thioether (sulfide) groups is 1. The summed E-state index contributed by atoms with van der Waals surface area (Å²) in [4.78, 5) is 11.6. The van der Waals surface area contributed by atoms with Gasteiger partial charge < -0.3 is 5.11 Å². The molecule has 0 saturated carbocycles. The van der Waals surface area contributed by atoms with E-state index in [2.05, 4.69) is 0 Å². The van der Waals surface area contributed by atoms with Crippen molar-refractivity contribution in [1.82, 2.24) is 0 Å². The average Bonchev–Trinajstić information content (AvgIpc) is 2.45. The Morgan fingerprint density at radius 2 is 1.81 bits per heavy atom. The third-order valence-electron chi connectivity index (χ3n) is 2.77. The van der Waals surface area contributed by atoms with Gasteiger partial charge in [-0.15, -0.1) is 11.8 Å². The van der Waals surface area contributed by atoms with E-state index in [0.29, 0.717) is 10.5 Å². The molecule has 0 bridgehead atoms. The lowest BCUT2D eigenvalue weighted by molar-refractivity contribution is -0.137. The number of carboxylic acid groups (broad SMARTS) is 1. The fraction of sp³-hybridized carbons (Fsp3) is 0.133. The molecule has 0 aliphatic carbocycles. The number of hydrogen-bond donors (Lipinski definition) is 1. The fourth-order valence-electron chi connectivity index (χ4n) is 1.77. The van der Waals surface area contributed by atoms with Gasteiger partial charge in [0, 0.05) is 10.6 Å². The molecule has 0 spiro atoms. The van der Waals surface area contributed by atoms with E-state index >= 15 is 0 Å². The molecule has 0 aromatic heterocycles. The van der Waals surface area contributed by atoms with E-state index in [0.717, 1.165) is 12.1 Å². The maximum absolute atomic E-state index is 12.6. The summed E-state index contributed by atoms with van der Waals surface area (Å²) in [5, 5.41) is 9.05. The standard InChI is InChI=1S/C15H11F3O2S/c16-15(17,18)11-5-3-4-10(8-11)9-21-13-7-2-1-6-12(13)14(19)20/h1-8H,9H2,(H,19,20). The van der Waals surface area contributed by atoms with Crippen molar-refractivity contribution in [2.45, 2.75) is 16.8 Å². The minimum atomic E-state index is -4.38. The van der Waals surface area contributed by atoms with Crippen LogP contribution in [0, 0.1) is 0 Å². The number of benzene rings is 2. The monoisotopic (exact) mass is 312 g/mol. The quantitative estimate of drug-likeness (QED) is 0.832. The van der Waals surface area contributed by atoms with Crippen molar-refractivity contribution < 1.29 is 23.1 Å². The van der Waals surface area contributed by atoms with Crippen molar-refractivity contribution in [3.63, 3.8) is 0 Å². The lowest BCUT2D eigenvalue weighted by atomic mass is 10.1. The van der Waals surface area contributed by atoms with Gasteiger partial charge in [0.2, 0.25) is 0 Å². The van der Waals surface area contributed by atoms with Crippen LogP contribution in [0.2, 0.25) is 0 Å². The predicted molar refractivity (Wildman–Crippen MR) is 74.4 cm³/mol. The SMILES string of the molecule is O=C(O)c1ccccc1SCc1cccc(C(F)(F)F)c1. The molecule has 2 rings (SSSR count). The Hall–Kier alpha value is -1.95. The molecule has 0 amide bonds. The van der Waals surface area contributed by atoms with Crippen molar-refractivity contribution in [2.75, 3.05) is 0 Å². The van der Waals surface area contributed by atoms with Gasteiger partial charge >= 0.3 is 12.1 Å². The molecule has 0 fully saturated rings. The molecular formula is C15H11F3O2S. The number of aromatic carboxylic acids is 1. The van der Waals surface area contributed by atoms with Crippen LogP contribution in [0.15, 0.2) is 53.4 Å². The molecule has 0 atom stereocenters. The molecule has 0 aliphatic heterocycles. The zero-order valence-electron chi connectivity index (χ0n) is 10.7. The van der Waals surface area contributed by atoms with Gasteiger partial charge in [-0.2, -0.15) is 13.2 Å². The van der Waals surface area contributed by atoms with Crippen molar-refractivity contribution >= 4 is 17.7 Å². The number of rotatable bonds is 4. The first-order valence-electron chi connectivity index (χ1n) is 5.99. The zero-order chi connectivity index (χ0) is 15.5. The second kappa shape index (κ2) is 6.22. The molecule has 110 valence electrons. The van der Waals surface area contributed by atoms with Gasteiger partial charge in [-0.05, 0) is 23.8 Å². The third kappa shape index (κ3) is 4.01. The van der Waals surface area contributed by atoms with E-state index in [1.165, 1.54) is 23.9 Å². The number of alkyl halides is 3. The van der Waals surface area contributed by atoms with Crippen LogP contribution in [0.4, 0.5) is 13.2 Å². The molecule has 6 heteroatoms. The molecule has 0 radical (unpaired) electrons. The second-order valence-corrected chi connectivity index (χ2v) is 5.31. The number of carbonyl (C=O) groups is 1. The Labute approximate surface area is 123 Å². The number of carboxylic acids is 1. The maximum Gasteiger partial charge on any atom is 0.416 e. The lowest BCUT2D eigenvalue weighted by Gasteiger charge is -2.09. The van der Waals surface area contributed by atoms with E-state index in [-0.39, 0.29) is 11.3 Å². The smallest absolute Gasteiger partial charge is 0.416 e. The first-order valence-corrected chi connectivity index (χ1v) is 6.98.